The van der Waals surface area contributed by atoms with Gasteiger partial charge in [-0.3, -0.25) is 19.5 Å². The fourth-order valence-electron chi connectivity index (χ4n) is 8.53. The van der Waals surface area contributed by atoms with E-state index in [9.17, 15) is 46.3 Å². The van der Waals surface area contributed by atoms with Crippen LogP contribution in [-0.4, -0.2) is 104 Å². The summed E-state index contributed by atoms with van der Waals surface area (Å²) in [5, 5.41) is 22.5. The Morgan fingerprint density at radius 1 is 0.831 bits per heavy atom. The Morgan fingerprint density at radius 3 is 2.07 bits per heavy atom. The van der Waals surface area contributed by atoms with E-state index in [4.69, 9.17) is 14.6 Å². The summed E-state index contributed by atoms with van der Waals surface area (Å²) in [7, 11) is 0. The minimum atomic E-state index is -5.46. The third kappa shape index (κ3) is 13.9. The highest BCUT2D eigenvalue weighted by Crippen LogP contribution is 2.42. The standard InChI is InChI=1S/C51H61F4N7O9/c1-29-24-35(42(64)58-38-22-23-62(28-38)47(69)71-49(5,6)7)18-21-39(29)32-12-8-30(9-13-32)25-36(26-40(63)33-14-10-31(11-15-33)27-56-46(68)70-48(2,3)4)43(65)57-37-19-16-34(17-20-37)41-59-44(61-60-41)50(52,53)51(54,55)45(66)67/h8-9,12-13,16-21,24,31,33,36,38H,10-11,14-15,22-23,25-28H2,1-7H3,(H,56,68)(H,57,65)(H,58,64)(H,66,67)(H,59,60,61)/t31?,33?,36-,38+/m1/s1. The highest BCUT2D eigenvalue weighted by molar-refractivity contribution is 5.97. The Bertz CT molecular complexity index is 2580. The number of ether oxygens (including phenoxy) is 2. The molecule has 4 amide bonds. The number of halogens is 4. The molecule has 1 aromatic heterocycles. The number of carboxylic acid groups (broad SMARTS) is 1. The van der Waals surface area contributed by atoms with Crippen LogP contribution in [0.2, 0.25) is 0 Å². The largest absolute Gasteiger partial charge is 0.477 e. The van der Waals surface area contributed by atoms with Gasteiger partial charge < -0.3 is 35.4 Å². The van der Waals surface area contributed by atoms with Crippen LogP contribution < -0.4 is 16.0 Å². The fraction of sp³-hybridized carbons (Fsp3) is 0.490. The molecule has 1 saturated heterocycles. The zero-order valence-electron chi connectivity index (χ0n) is 40.8. The van der Waals surface area contributed by atoms with E-state index in [1.807, 2.05) is 37.3 Å². The Morgan fingerprint density at radius 2 is 1.46 bits per heavy atom. The van der Waals surface area contributed by atoms with Gasteiger partial charge in [0.05, 0.1) is 0 Å². The molecule has 1 aliphatic carbocycles. The molecular weight excluding hydrogens is 931 g/mol. The van der Waals surface area contributed by atoms with E-state index in [1.54, 1.807) is 63.7 Å². The number of amides is 4. The molecule has 1 saturated carbocycles. The molecule has 0 radical (unpaired) electrons. The molecule has 71 heavy (non-hydrogen) atoms. The number of benzene rings is 3. The Labute approximate surface area is 409 Å². The summed E-state index contributed by atoms with van der Waals surface area (Å²) in [4.78, 5) is 81.8. The maximum atomic E-state index is 14.4. The molecule has 1 aliphatic heterocycles. The van der Waals surface area contributed by atoms with Crippen molar-refractivity contribution < 1.29 is 60.9 Å². The number of aryl methyl sites for hydroxylation is 1. The van der Waals surface area contributed by atoms with Crippen molar-refractivity contribution >= 4 is 41.4 Å². The van der Waals surface area contributed by atoms with E-state index in [2.05, 4.69) is 26.0 Å². The van der Waals surface area contributed by atoms with Crippen LogP contribution in [0.4, 0.5) is 32.8 Å². The first-order valence-electron chi connectivity index (χ1n) is 23.5. The molecule has 0 spiro atoms. The number of carbonyl (C=O) groups excluding carboxylic acids is 5. The summed E-state index contributed by atoms with van der Waals surface area (Å²) >= 11 is 0. The molecule has 2 fully saturated rings. The topological polar surface area (TPSA) is 222 Å². The van der Waals surface area contributed by atoms with Gasteiger partial charge in [-0.15, -0.1) is 0 Å². The summed E-state index contributed by atoms with van der Waals surface area (Å²) in [6, 6.07) is 18.2. The van der Waals surface area contributed by atoms with E-state index in [1.165, 1.54) is 24.3 Å². The van der Waals surface area contributed by atoms with Crippen LogP contribution in [0.15, 0.2) is 66.7 Å². The van der Waals surface area contributed by atoms with Gasteiger partial charge in [0.15, 0.2) is 5.82 Å². The van der Waals surface area contributed by atoms with Gasteiger partial charge >= 0.3 is 30.0 Å². The molecule has 3 aromatic carbocycles. The number of carbonyl (C=O) groups is 6. The van der Waals surface area contributed by atoms with E-state index in [-0.39, 0.29) is 53.7 Å². The number of carboxylic acids is 1. The third-order valence-corrected chi connectivity index (χ3v) is 12.3. The minimum absolute atomic E-state index is 0.0746. The van der Waals surface area contributed by atoms with Crippen LogP contribution >= 0.6 is 0 Å². The summed E-state index contributed by atoms with van der Waals surface area (Å²) in [5.41, 5.74) is 2.91. The fourth-order valence-corrected chi connectivity index (χ4v) is 8.53. The van der Waals surface area contributed by atoms with Gasteiger partial charge in [-0.1, -0.05) is 30.3 Å². The number of H-pyrrole nitrogens is 1. The van der Waals surface area contributed by atoms with Gasteiger partial charge in [0.2, 0.25) is 11.7 Å². The van der Waals surface area contributed by atoms with Gasteiger partial charge in [-0.05, 0) is 152 Å². The van der Waals surface area contributed by atoms with Crippen molar-refractivity contribution in [2.24, 2.45) is 17.8 Å². The Balaban J connectivity index is 1.12. The number of Topliss-reactive ketones (excluding diaryl/α,β-unsaturated/α-hetero) is 1. The molecule has 0 bridgehead atoms. The van der Waals surface area contributed by atoms with Crippen molar-refractivity contribution in [2.75, 3.05) is 25.0 Å². The lowest BCUT2D eigenvalue weighted by atomic mass is 9.77. The van der Waals surface area contributed by atoms with Gasteiger partial charge in [0, 0.05) is 60.7 Å². The number of hydrogen-bond acceptors (Lipinski definition) is 10. The van der Waals surface area contributed by atoms with Crippen LogP contribution in [0.3, 0.4) is 0 Å². The zero-order chi connectivity index (χ0) is 52.1. The monoisotopic (exact) mass is 991 g/mol. The normalized spacial score (nSPS) is 18.0. The molecule has 2 aliphatic rings. The molecule has 6 rings (SSSR count). The molecule has 0 unspecified atom stereocenters. The molecule has 2 atom stereocenters. The van der Waals surface area contributed by atoms with E-state index >= 15 is 0 Å². The summed E-state index contributed by atoms with van der Waals surface area (Å²) in [6.07, 6.45) is 2.35. The van der Waals surface area contributed by atoms with Gasteiger partial charge in [-0.25, -0.2) is 19.4 Å². The summed E-state index contributed by atoms with van der Waals surface area (Å²) in [6.45, 7) is 13.9. The number of nitrogens with one attached hydrogen (secondary N) is 4. The Kier molecular flexibility index (Phi) is 16.3. The maximum absolute atomic E-state index is 14.4. The van der Waals surface area contributed by atoms with Crippen molar-refractivity contribution in [2.45, 2.75) is 123 Å². The average molecular weight is 992 g/mol. The highest BCUT2D eigenvalue weighted by atomic mass is 19.3. The van der Waals surface area contributed by atoms with Crippen LogP contribution in [0.1, 0.15) is 107 Å². The van der Waals surface area contributed by atoms with E-state index < -0.39 is 64.7 Å². The Hall–Kier alpha value is -6.86. The van der Waals surface area contributed by atoms with Gasteiger partial charge in [-0.2, -0.15) is 22.7 Å². The number of nitrogens with zero attached hydrogens (tertiary/aromatic N) is 3. The first-order chi connectivity index (χ1) is 33.2. The summed E-state index contributed by atoms with van der Waals surface area (Å²) < 4.78 is 67.1. The molecule has 5 N–H and O–H groups in total. The van der Waals surface area contributed by atoms with E-state index in [0.29, 0.717) is 57.3 Å². The van der Waals surface area contributed by atoms with Crippen molar-refractivity contribution in [3.05, 3.63) is 89.2 Å². The first kappa shape index (κ1) is 53.5. The van der Waals surface area contributed by atoms with Crippen molar-refractivity contribution in [1.82, 2.24) is 30.7 Å². The number of likely N-dealkylation sites (tertiary alicyclic amines) is 1. The lowest BCUT2D eigenvalue weighted by Crippen LogP contribution is -2.45. The number of rotatable bonds is 16. The van der Waals surface area contributed by atoms with Gasteiger partial charge in [0.25, 0.3) is 5.91 Å². The zero-order valence-corrected chi connectivity index (χ0v) is 40.8. The van der Waals surface area contributed by atoms with Crippen molar-refractivity contribution in [1.29, 1.82) is 0 Å². The molecular formula is C51H61F4N7O9. The lowest BCUT2D eigenvalue weighted by molar-refractivity contribution is -0.231. The van der Waals surface area contributed by atoms with Crippen molar-refractivity contribution in [3.63, 3.8) is 0 Å². The number of hydrogen-bond donors (Lipinski definition) is 5. The number of aromatic nitrogens is 3. The smallest absolute Gasteiger partial charge is 0.411 e. The molecule has 16 nitrogen and oxygen atoms in total. The van der Waals surface area contributed by atoms with E-state index in [0.717, 1.165) is 22.3 Å². The molecule has 382 valence electrons. The third-order valence-electron chi connectivity index (χ3n) is 12.3. The van der Waals surface area contributed by atoms with Gasteiger partial charge in [0.1, 0.15) is 17.0 Å². The van der Waals surface area contributed by atoms with Crippen LogP contribution in [0.25, 0.3) is 22.5 Å². The number of anilines is 1. The highest BCUT2D eigenvalue weighted by Gasteiger charge is 2.65. The lowest BCUT2D eigenvalue weighted by Gasteiger charge is -2.29. The predicted octanol–water partition coefficient (Wildman–Crippen LogP) is 9.09. The second-order valence-corrected chi connectivity index (χ2v) is 20.3. The maximum Gasteiger partial charge on any atom is 0.411 e. The summed E-state index contributed by atoms with van der Waals surface area (Å²) in [5.74, 6) is -17.5. The SMILES string of the molecule is Cc1cc(C(=O)N[C@H]2CCN(C(=O)OC(C)(C)C)C2)ccc1-c1ccc(C[C@H](CC(=O)C2CCC(CNC(=O)OC(C)(C)C)CC2)C(=O)Nc2ccc(-c3n[nH]c(C(F)(F)C(F)(F)C(=O)O)n3)cc2)cc1. The first-order valence-corrected chi connectivity index (χ1v) is 23.5. The number of aromatic amines is 1. The molecule has 20 heteroatoms. The molecule has 4 aromatic rings. The number of alkyl halides is 4. The average Bonchev–Trinajstić information content (AvgIpc) is 3.99. The minimum Gasteiger partial charge on any atom is -0.477 e. The van der Waals surface area contributed by atoms with Crippen LogP contribution in [-0.2, 0) is 36.2 Å². The van der Waals surface area contributed by atoms with Crippen molar-refractivity contribution in [3.8, 4) is 22.5 Å². The quantitative estimate of drug-likeness (QED) is 0.0666. The van der Waals surface area contributed by atoms with Crippen LogP contribution in [0.5, 0.6) is 0 Å². The predicted molar refractivity (Wildman–Crippen MR) is 254 cm³/mol. The number of aliphatic carboxylic acids is 1. The molecule has 2 heterocycles. The van der Waals surface area contributed by atoms with Crippen LogP contribution in [0, 0.1) is 24.7 Å². The second-order valence-electron chi connectivity index (χ2n) is 20.3. The number of ketones is 1. The number of alkyl carbamates (subject to hydrolysis) is 1. The second kappa shape index (κ2) is 21.6.